The van der Waals surface area contributed by atoms with Gasteiger partial charge in [0.25, 0.3) is 5.91 Å². The van der Waals surface area contributed by atoms with Crippen LogP contribution in [0.4, 0.5) is 5.69 Å². The number of amides is 1. The van der Waals surface area contributed by atoms with Gasteiger partial charge < -0.3 is 24.7 Å². The Morgan fingerprint density at radius 2 is 1.89 bits per heavy atom. The van der Waals surface area contributed by atoms with Crippen molar-refractivity contribution < 1.29 is 19.7 Å². The van der Waals surface area contributed by atoms with E-state index in [-0.39, 0.29) is 25.2 Å². The van der Waals surface area contributed by atoms with Gasteiger partial charge in [0, 0.05) is 57.6 Å². The van der Waals surface area contributed by atoms with E-state index < -0.39 is 6.10 Å². The number of halogens is 2. The average molecular weight is 559 g/mol. The highest BCUT2D eigenvalue weighted by molar-refractivity contribution is 6.33. The quantitative estimate of drug-likeness (QED) is 0.409. The number of pyridine rings is 1. The molecule has 1 amide bonds. The molecule has 1 saturated heterocycles. The van der Waals surface area contributed by atoms with Crippen molar-refractivity contribution in [2.45, 2.75) is 12.1 Å². The molecule has 2 heterocycles. The number of benzene rings is 2. The summed E-state index contributed by atoms with van der Waals surface area (Å²) < 4.78 is 5.51. The van der Waals surface area contributed by atoms with E-state index in [9.17, 15) is 9.90 Å². The summed E-state index contributed by atoms with van der Waals surface area (Å²) in [5.74, 6) is 0.468. The molecule has 0 spiro atoms. The zero-order chi connectivity index (χ0) is 27.2. The average Bonchev–Trinajstić information content (AvgIpc) is 2.92. The third-order valence-corrected chi connectivity index (χ3v) is 7.07. The SMILES string of the molecule is CN(C)C(=O)c1ccc([C@H](O)CN2CCN(c3ccc(OCCO)cc3Cl)[C@H](c3ccc(Cl)cc3)C2)nc1. The van der Waals surface area contributed by atoms with Crippen LogP contribution in [0.15, 0.2) is 60.8 Å². The number of nitrogens with zero attached hydrogens (tertiary/aromatic N) is 4. The number of aliphatic hydroxyl groups excluding tert-OH is 2. The first-order chi connectivity index (χ1) is 18.3. The van der Waals surface area contributed by atoms with Crippen LogP contribution in [-0.4, -0.2) is 84.4 Å². The summed E-state index contributed by atoms with van der Waals surface area (Å²) in [6, 6.07) is 16.7. The van der Waals surface area contributed by atoms with Crippen LogP contribution >= 0.6 is 23.2 Å². The minimum absolute atomic E-state index is 0.0389. The molecule has 1 aliphatic heterocycles. The van der Waals surface area contributed by atoms with Crippen LogP contribution in [0.3, 0.4) is 0 Å². The summed E-state index contributed by atoms with van der Waals surface area (Å²) in [5, 5.41) is 21.2. The summed E-state index contributed by atoms with van der Waals surface area (Å²) in [6.45, 7) is 2.56. The second kappa shape index (κ2) is 12.8. The van der Waals surface area contributed by atoms with E-state index in [1.54, 1.807) is 32.3 Å². The van der Waals surface area contributed by atoms with Crippen molar-refractivity contribution in [2.75, 3.05) is 58.4 Å². The largest absolute Gasteiger partial charge is 0.491 e. The lowest BCUT2D eigenvalue weighted by Gasteiger charge is -2.44. The molecule has 0 bridgehead atoms. The predicted octanol–water partition coefficient (Wildman–Crippen LogP) is 4.06. The third-order valence-electron chi connectivity index (χ3n) is 6.52. The van der Waals surface area contributed by atoms with Gasteiger partial charge in [-0.3, -0.25) is 14.7 Å². The van der Waals surface area contributed by atoms with Gasteiger partial charge in [-0.25, -0.2) is 0 Å². The van der Waals surface area contributed by atoms with E-state index in [4.69, 9.17) is 33.0 Å². The van der Waals surface area contributed by atoms with Gasteiger partial charge >= 0.3 is 0 Å². The van der Waals surface area contributed by atoms with Gasteiger partial charge in [0.1, 0.15) is 18.5 Å². The molecule has 2 atom stereocenters. The van der Waals surface area contributed by atoms with E-state index in [0.29, 0.717) is 53.2 Å². The molecule has 0 radical (unpaired) electrons. The van der Waals surface area contributed by atoms with Gasteiger partial charge in [-0.1, -0.05) is 35.3 Å². The number of aromatic nitrogens is 1. The highest BCUT2D eigenvalue weighted by atomic mass is 35.5. The molecule has 3 aromatic rings. The normalized spacial score (nSPS) is 16.8. The third kappa shape index (κ3) is 6.76. The molecule has 2 aromatic carbocycles. The number of aliphatic hydroxyl groups is 2. The number of hydrogen-bond donors (Lipinski definition) is 2. The summed E-state index contributed by atoms with van der Waals surface area (Å²) in [5.41, 5.74) is 2.96. The van der Waals surface area contributed by atoms with Crippen molar-refractivity contribution >= 4 is 34.8 Å². The smallest absolute Gasteiger partial charge is 0.254 e. The van der Waals surface area contributed by atoms with Crippen LogP contribution in [-0.2, 0) is 0 Å². The van der Waals surface area contributed by atoms with Crippen molar-refractivity contribution in [1.82, 2.24) is 14.8 Å². The van der Waals surface area contributed by atoms with Crippen LogP contribution in [0, 0.1) is 0 Å². The Bertz CT molecular complexity index is 1220. The highest BCUT2D eigenvalue weighted by Crippen LogP contribution is 2.37. The molecule has 10 heteroatoms. The molecular weight excluding hydrogens is 527 g/mol. The number of carbonyl (C=O) groups excluding carboxylic acids is 1. The van der Waals surface area contributed by atoms with E-state index in [1.807, 2.05) is 36.4 Å². The number of ether oxygens (including phenoxy) is 1. The first kappa shape index (κ1) is 28.1. The Balaban J connectivity index is 1.52. The fraction of sp³-hybridized carbons (Fsp3) is 0.357. The van der Waals surface area contributed by atoms with Crippen LogP contribution in [0.5, 0.6) is 5.75 Å². The fourth-order valence-electron chi connectivity index (χ4n) is 4.56. The monoisotopic (exact) mass is 558 g/mol. The summed E-state index contributed by atoms with van der Waals surface area (Å²) in [7, 11) is 3.38. The van der Waals surface area contributed by atoms with E-state index in [2.05, 4.69) is 14.8 Å². The topological polar surface area (TPSA) is 89.4 Å². The molecule has 0 unspecified atom stereocenters. The lowest BCUT2D eigenvalue weighted by Crippen LogP contribution is -2.49. The number of β-amino-alcohol motifs (C(OH)–C–C–N with tert-alkyl or cyclic N) is 1. The lowest BCUT2D eigenvalue weighted by molar-refractivity contribution is 0.0825. The number of hydrogen-bond acceptors (Lipinski definition) is 7. The van der Waals surface area contributed by atoms with Gasteiger partial charge in [-0.2, -0.15) is 0 Å². The standard InChI is InChI=1S/C28H32Cl2N4O4/c1-32(2)28(37)20-5-9-24(31-16-20)27(36)18-33-11-12-34(26(17-33)19-3-6-21(29)7-4-19)25-10-8-22(15-23(25)30)38-14-13-35/h3-10,15-16,26-27,35-36H,11-14,17-18H2,1-2H3/t26-,27+/m0/s1. The fourth-order valence-corrected chi connectivity index (χ4v) is 4.97. The molecule has 1 aromatic heterocycles. The molecule has 0 saturated carbocycles. The molecule has 4 rings (SSSR count). The molecule has 202 valence electrons. The number of piperazine rings is 1. The van der Waals surface area contributed by atoms with Gasteiger partial charge in [0.15, 0.2) is 0 Å². The lowest BCUT2D eigenvalue weighted by atomic mass is 10.0. The zero-order valence-corrected chi connectivity index (χ0v) is 22.9. The van der Waals surface area contributed by atoms with E-state index >= 15 is 0 Å². The van der Waals surface area contributed by atoms with E-state index in [1.165, 1.54) is 11.1 Å². The van der Waals surface area contributed by atoms with Crippen molar-refractivity contribution in [2.24, 2.45) is 0 Å². The zero-order valence-electron chi connectivity index (χ0n) is 21.4. The van der Waals surface area contributed by atoms with Crippen molar-refractivity contribution in [1.29, 1.82) is 0 Å². The Morgan fingerprint density at radius 3 is 2.53 bits per heavy atom. The molecule has 38 heavy (non-hydrogen) atoms. The van der Waals surface area contributed by atoms with Gasteiger partial charge in [-0.05, 0) is 42.0 Å². The van der Waals surface area contributed by atoms with Crippen molar-refractivity contribution in [3.8, 4) is 5.75 Å². The van der Waals surface area contributed by atoms with Crippen LogP contribution < -0.4 is 9.64 Å². The Kier molecular flexibility index (Phi) is 9.46. The van der Waals surface area contributed by atoms with Gasteiger partial charge in [0.2, 0.25) is 0 Å². The Morgan fingerprint density at radius 1 is 1.13 bits per heavy atom. The van der Waals surface area contributed by atoms with Crippen LogP contribution in [0.2, 0.25) is 10.0 Å². The first-order valence-corrected chi connectivity index (χ1v) is 13.2. The molecule has 0 aliphatic carbocycles. The molecule has 1 aliphatic rings. The maximum atomic E-state index is 12.1. The molecule has 1 fully saturated rings. The maximum Gasteiger partial charge on any atom is 0.254 e. The minimum atomic E-state index is -0.803. The molecule has 2 N–H and O–H groups in total. The number of carbonyl (C=O) groups is 1. The summed E-state index contributed by atoms with van der Waals surface area (Å²) >= 11 is 12.8. The Hall–Kier alpha value is -2.88. The second-order valence-electron chi connectivity index (χ2n) is 9.39. The first-order valence-electron chi connectivity index (χ1n) is 12.4. The van der Waals surface area contributed by atoms with Gasteiger partial charge in [0.05, 0.1) is 34.6 Å². The second-order valence-corrected chi connectivity index (χ2v) is 10.2. The highest BCUT2D eigenvalue weighted by Gasteiger charge is 2.31. The molecular formula is C28H32Cl2N4O4. The van der Waals surface area contributed by atoms with Crippen LogP contribution in [0.1, 0.15) is 33.8 Å². The van der Waals surface area contributed by atoms with Crippen molar-refractivity contribution in [3.05, 3.63) is 87.7 Å². The summed E-state index contributed by atoms with van der Waals surface area (Å²) in [6.07, 6.45) is 0.702. The minimum Gasteiger partial charge on any atom is -0.491 e. The van der Waals surface area contributed by atoms with Crippen molar-refractivity contribution in [3.63, 3.8) is 0 Å². The number of anilines is 1. The number of rotatable bonds is 9. The predicted molar refractivity (Wildman–Crippen MR) is 149 cm³/mol. The summed E-state index contributed by atoms with van der Waals surface area (Å²) in [4.78, 5) is 22.4. The van der Waals surface area contributed by atoms with E-state index in [0.717, 1.165) is 11.3 Å². The van der Waals surface area contributed by atoms with Crippen LogP contribution in [0.25, 0.3) is 0 Å². The Labute approximate surface area is 233 Å². The van der Waals surface area contributed by atoms with Gasteiger partial charge in [-0.15, -0.1) is 0 Å². The maximum absolute atomic E-state index is 12.1. The molecule has 8 nitrogen and oxygen atoms in total.